The van der Waals surface area contributed by atoms with E-state index in [0.29, 0.717) is 0 Å². The Kier molecular flexibility index (Phi) is 3.01. The summed E-state index contributed by atoms with van der Waals surface area (Å²) in [6, 6.07) is 0. The number of hydrogen-bond acceptors (Lipinski definition) is 4. The molecular formula is C5H8BrNO4. The molecule has 0 aliphatic heterocycles. The average molecular weight is 226 g/mol. The molecular weight excluding hydrogens is 218 g/mol. The molecule has 0 radical (unpaired) electrons. The zero-order valence-corrected chi connectivity index (χ0v) is 7.41. The van der Waals surface area contributed by atoms with Gasteiger partial charge in [0.1, 0.15) is 6.10 Å². The highest BCUT2D eigenvalue weighted by Crippen LogP contribution is 2.29. The Morgan fingerprint density at radius 2 is 2.27 bits per heavy atom. The molecule has 0 aromatic carbocycles. The third-order valence-electron chi connectivity index (χ3n) is 1.22. The lowest BCUT2D eigenvalue weighted by Gasteiger charge is -2.19. The smallest absolute Gasteiger partial charge is 0.354 e. The van der Waals surface area contributed by atoms with E-state index in [2.05, 4.69) is 22.5 Å². The molecule has 64 valence electrons. The first kappa shape index (κ1) is 10.4. The van der Waals surface area contributed by atoms with Crippen LogP contribution in [-0.4, -0.2) is 25.7 Å². The summed E-state index contributed by atoms with van der Waals surface area (Å²) in [5, 5.41) is 28.0. The Labute approximate surface area is 71.6 Å². The molecule has 0 bridgehead atoms. The van der Waals surface area contributed by atoms with E-state index in [4.69, 9.17) is 10.2 Å². The molecule has 11 heavy (non-hydrogen) atoms. The minimum atomic E-state index is -2.05. The molecule has 0 saturated heterocycles. The Hall–Kier alpha value is -0.620. The van der Waals surface area contributed by atoms with Crippen molar-refractivity contribution in [2.45, 2.75) is 17.5 Å². The van der Waals surface area contributed by atoms with Crippen LogP contribution < -0.4 is 0 Å². The minimum absolute atomic E-state index is 0.725. The predicted molar refractivity (Wildman–Crippen MR) is 42.1 cm³/mol. The zero-order chi connectivity index (χ0) is 9.23. The fraction of sp³-hybridized carbons (Fsp3) is 0.600. The van der Waals surface area contributed by atoms with Gasteiger partial charge in [0.15, 0.2) is 5.76 Å². The SMILES string of the molecule is C=C(O)C(Br)(C(C)O)[N+](=O)[O-]. The third kappa shape index (κ3) is 1.69. The molecule has 0 aromatic heterocycles. The molecule has 0 saturated carbocycles. The van der Waals surface area contributed by atoms with Gasteiger partial charge in [-0.1, -0.05) is 6.58 Å². The summed E-state index contributed by atoms with van der Waals surface area (Å²) in [6.07, 6.45) is -1.35. The molecule has 0 aliphatic carbocycles. The first-order chi connectivity index (χ1) is 4.83. The third-order valence-corrected chi connectivity index (χ3v) is 2.63. The number of aliphatic hydroxyl groups excluding tert-OH is 2. The Balaban J connectivity index is 4.82. The average Bonchev–Trinajstić information content (AvgIpc) is 1.84. The van der Waals surface area contributed by atoms with E-state index in [1.807, 2.05) is 0 Å². The van der Waals surface area contributed by atoms with Crippen LogP contribution in [0.15, 0.2) is 12.3 Å². The molecule has 0 heterocycles. The number of hydrogen-bond donors (Lipinski definition) is 2. The van der Waals surface area contributed by atoms with Crippen molar-refractivity contribution in [1.82, 2.24) is 0 Å². The molecule has 2 unspecified atom stereocenters. The minimum Gasteiger partial charge on any atom is -0.505 e. The molecule has 6 heteroatoms. The van der Waals surface area contributed by atoms with Crippen molar-refractivity contribution >= 4 is 15.9 Å². The number of halogens is 1. The topological polar surface area (TPSA) is 83.6 Å². The maximum absolute atomic E-state index is 10.3. The molecule has 0 aliphatic rings. The van der Waals surface area contributed by atoms with Gasteiger partial charge in [-0.25, -0.2) is 0 Å². The predicted octanol–water partition coefficient (Wildman–Crippen LogP) is 0.807. The summed E-state index contributed by atoms with van der Waals surface area (Å²) >= 11 is 2.58. The van der Waals surface area contributed by atoms with Crippen LogP contribution in [0, 0.1) is 10.1 Å². The van der Waals surface area contributed by atoms with Crippen LogP contribution in [0.3, 0.4) is 0 Å². The van der Waals surface area contributed by atoms with Crippen LogP contribution in [-0.2, 0) is 0 Å². The van der Waals surface area contributed by atoms with Crippen LogP contribution in [0.25, 0.3) is 0 Å². The number of rotatable bonds is 3. The monoisotopic (exact) mass is 225 g/mol. The molecule has 5 nitrogen and oxygen atoms in total. The van der Waals surface area contributed by atoms with Gasteiger partial charge in [-0.3, -0.25) is 10.1 Å². The second kappa shape index (κ2) is 3.19. The number of nitro groups is 1. The van der Waals surface area contributed by atoms with Gasteiger partial charge in [-0.05, 0) is 6.92 Å². The first-order valence-corrected chi connectivity index (χ1v) is 3.52. The summed E-state index contributed by atoms with van der Waals surface area (Å²) < 4.78 is -2.05. The Bertz CT molecular complexity index is 177. The molecule has 2 atom stereocenters. The second-order valence-corrected chi connectivity index (χ2v) is 3.26. The van der Waals surface area contributed by atoms with Crippen molar-refractivity contribution in [3.05, 3.63) is 22.5 Å². The number of aliphatic hydroxyl groups is 2. The van der Waals surface area contributed by atoms with E-state index < -0.39 is 21.2 Å². The van der Waals surface area contributed by atoms with Gasteiger partial charge >= 0.3 is 4.45 Å². The maximum atomic E-state index is 10.3. The van der Waals surface area contributed by atoms with Gasteiger partial charge in [0.05, 0.1) is 0 Å². The van der Waals surface area contributed by atoms with Crippen LogP contribution in [0.4, 0.5) is 0 Å². The number of alkyl halides is 1. The van der Waals surface area contributed by atoms with Crippen molar-refractivity contribution in [3.63, 3.8) is 0 Å². The maximum Gasteiger partial charge on any atom is 0.354 e. The molecule has 0 fully saturated rings. The van der Waals surface area contributed by atoms with E-state index in [1.165, 1.54) is 6.92 Å². The van der Waals surface area contributed by atoms with Gasteiger partial charge in [0.25, 0.3) is 0 Å². The van der Waals surface area contributed by atoms with Crippen LogP contribution in [0.2, 0.25) is 0 Å². The molecule has 2 N–H and O–H groups in total. The van der Waals surface area contributed by atoms with Crippen molar-refractivity contribution < 1.29 is 15.1 Å². The Morgan fingerprint density at radius 3 is 2.27 bits per heavy atom. The lowest BCUT2D eigenvalue weighted by Crippen LogP contribution is -2.43. The standard InChI is InChI=1S/C5H8BrNO4/c1-3(8)5(6,4(2)9)7(10)11/h4,8-9H,1H2,2H3. The molecule has 0 amide bonds. The van der Waals surface area contributed by atoms with Gasteiger partial charge in [0.2, 0.25) is 0 Å². The van der Waals surface area contributed by atoms with Gasteiger partial charge in [-0.2, -0.15) is 0 Å². The van der Waals surface area contributed by atoms with Crippen LogP contribution >= 0.6 is 15.9 Å². The van der Waals surface area contributed by atoms with Gasteiger partial charge < -0.3 is 10.2 Å². The van der Waals surface area contributed by atoms with Crippen molar-refractivity contribution in [2.75, 3.05) is 0 Å². The Morgan fingerprint density at radius 1 is 1.91 bits per heavy atom. The van der Waals surface area contributed by atoms with E-state index >= 15 is 0 Å². The fourth-order valence-electron chi connectivity index (χ4n) is 0.499. The molecule has 0 rings (SSSR count). The highest BCUT2D eigenvalue weighted by molar-refractivity contribution is 9.10. The second-order valence-electron chi connectivity index (χ2n) is 2.05. The fourth-order valence-corrected chi connectivity index (χ4v) is 0.499. The van der Waals surface area contributed by atoms with Crippen molar-refractivity contribution in [1.29, 1.82) is 0 Å². The summed E-state index contributed by atoms with van der Waals surface area (Å²) in [7, 11) is 0. The highest BCUT2D eigenvalue weighted by Gasteiger charge is 2.49. The lowest BCUT2D eigenvalue weighted by molar-refractivity contribution is -0.540. The van der Waals surface area contributed by atoms with E-state index in [0.717, 1.165) is 0 Å². The molecule has 0 spiro atoms. The summed E-state index contributed by atoms with van der Waals surface area (Å²) in [4.78, 5) is 9.43. The van der Waals surface area contributed by atoms with Crippen molar-refractivity contribution in [3.8, 4) is 0 Å². The largest absolute Gasteiger partial charge is 0.505 e. The van der Waals surface area contributed by atoms with Gasteiger partial charge in [0, 0.05) is 20.9 Å². The summed E-state index contributed by atoms with van der Waals surface area (Å²) in [6.45, 7) is 4.16. The van der Waals surface area contributed by atoms with Crippen LogP contribution in [0.5, 0.6) is 0 Å². The normalized spacial score (nSPS) is 18.5. The summed E-state index contributed by atoms with van der Waals surface area (Å²) in [5.41, 5.74) is 0. The van der Waals surface area contributed by atoms with E-state index in [1.54, 1.807) is 0 Å². The summed E-state index contributed by atoms with van der Waals surface area (Å²) in [5.74, 6) is -0.725. The first-order valence-electron chi connectivity index (χ1n) is 2.73. The van der Waals surface area contributed by atoms with Crippen molar-refractivity contribution in [2.24, 2.45) is 0 Å². The number of nitrogens with zero attached hydrogens (tertiary/aromatic N) is 1. The quantitative estimate of drug-likeness (QED) is 0.245. The highest BCUT2D eigenvalue weighted by atomic mass is 79.9. The van der Waals surface area contributed by atoms with Gasteiger partial charge in [-0.15, -0.1) is 0 Å². The lowest BCUT2D eigenvalue weighted by atomic mass is 10.2. The van der Waals surface area contributed by atoms with Crippen LogP contribution in [0.1, 0.15) is 6.92 Å². The zero-order valence-electron chi connectivity index (χ0n) is 5.82. The van der Waals surface area contributed by atoms with E-state index in [-0.39, 0.29) is 0 Å². The molecule has 0 aromatic rings. The van der Waals surface area contributed by atoms with E-state index in [9.17, 15) is 10.1 Å².